The van der Waals surface area contributed by atoms with Crippen LogP contribution >= 0.6 is 0 Å². The van der Waals surface area contributed by atoms with E-state index in [2.05, 4.69) is 4.99 Å². The number of carboxylic acids is 1. The van der Waals surface area contributed by atoms with E-state index in [0.717, 1.165) is 12.8 Å². The number of hydrogen-bond acceptors (Lipinski definition) is 2. The van der Waals surface area contributed by atoms with Crippen LogP contribution in [0, 0.1) is 5.41 Å². The van der Waals surface area contributed by atoms with E-state index < -0.39 is 5.97 Å². The molecule has 0 saturated heterocycles. The molecule has 1 aliphatic carbocycles. The summed E-state index contributed by atoms with van der Waals surface area (Å²) in [6.07, 6.45) is 5.74. The third-order valence-corrected chi connectivity index (χ3v) is 2.80. The molecular weight excluding hydrogens is 190 g/mol. The van der Waals surface area contributed by atoms with E-state index in [1.54, 1.807) is 0 Å². The molecule has 0 aromatic heterocycles. The lowest BCUT2D eigenvalue weighted by Gasteiger charge is -2.23. The van der Waals surface area contributed by atoms with Gasteiger partial charge in [0.1, 0.15) is 5.71 Å². The van der Waals surface area contributed by atoms with E-state index in [-0.39, 0.29) is 11.5 Å². The van der Waals surface area contributed by atoms with Crippen LogP contribution < -0.4 is 0 Å². The van der Waals surface area contributed by atoms with Gasteiger partial charge in [0.15, 0.2) is 0 Å². The zero-order valence-electron chi connectivity index (χ0n) is 9.92. The maximum Gasteiger partial charge on any atom is 0.350 e. The zero-order valence-corrected chi connectivity index (χ0v) is 9.92. The van der Waals surface area contributed by atoms with Gasteiger partial charge in [0, 0.05) is 5.41 Å². The van der Waals surface area contributed by atoms with Gasteiger partial charge in [-0.15, -0.1) is 0 Å². The van der Waals surface area contributed by atoms with Crippen molar-refractivity contribution < 1.29 is 9.90 Å². The van der Waals surface area contributed by atoms with Crippen LogP contribution in [-0.2, 0) is 4.79 Å². The van der Waals surface area contributed by atoms with Crippen LogP contribution in [0.2, 0.25) is 0 Å². The second kappa shape index (κ2) is 4.77. The molecular formula is C12H21NO2. The molecule has 1 N–H and O–H groups in total. The zero-order chi connectivity index (χ0) is 11.5. The highest BCUT2D eigenvalue weighted by atomic mass is 16.4. The van der Waals surface area contributed by atoms with Crippen molar-refractivity contribution in [2.75, 3.05) is 0 Å². The quantitative estimate of drug-likeness (QED) is 0.714. The van der Waals surface area contributed by atoms with Crippen LogP contribution in [0.1, 0.15) is 52.9 Å². The second-order valence-electron chi connectivity index (χ2n) is 5.32. The lowest BCUT2D eigenvalue weighted by atomic mass is 9.88. The largest absolute Gasteiger partial charge is 0.477 e. The number of nitrogens with zero attached hydrogens (tertiary/aromatic N) is 1. The highest BCUT2D eigenvalue weighted by Gasteiger charge is 2.27. The van der Waals surface area contributed by atoms with Gasteiger partial charge in [-0.1, -0.05) is 40.0 Å². The average molecular weight is 211 g/mol. The first-order valence-electron chi connectivity index (χ1n) is 5.73. The van der Waals surface area contributed by atoms with Crippen molar-refractivity contribution in [1.29, 1.82) is 0 Å². The third kappa shape index (κ3) is 3.65. The fourth-order valence-corrected chi connectivity index (χ4v) is 1.96. The highest BCUT2D eigenvalue weighted by Crippen LogP contribution is 2.24. The minimum absolute atomic E-state index is 0.240. The Hall–Kier alpha value is -0.860. The molecule has 1 rings (SSSR count). The van der Waals surface area contributed by atoms with Gasteiger partial charge in [-0.2, -0.15) is 0 Å². The Morgan fingerprint density at radius 1 is 1.20 bits per heavy atom. The molecule has 0 amide bonds. The molecule has 1 saturated carbocycles. The molecule has 1 fully saturated rings. The summed E-state index contributed by atoms with van der Waals surface area (Å²) in [6.45, 7) is 5.72. The molecule has 0 aromatic carbocycles. The first kappa shape index (κ1) is 12.2. The van der Waals surface area contributed by atoms with Gasteiger partial charge in [0.25, 0.3) is 0 Å². The van der Waals surface area contributed by atoms with Crippen molar-refractivity contribution in [1.82, 2.24) is 0 Å². The van der Waals surface area contributed by atoms with Gasteiger partial charge in [0.05, 0.1) is 6.04 Å². The Balaban J connectivity index is 2.78. The number of carbonyl (C=O) groups is 1. The summed E-state index contributed by atoms with van der Waals surface area (Å²) in [5.74, 6) is -0.868. The normalized spacial score (nSPS) is 20.3. The molecule has 3 nitrogen and oxygen atoms in total. The first-order valence-corrected chi connectivity index (χ1v) is 5.73. The molecule has 0 radical (unpaired) electrons. The third-order valence-electron chi connectivity index (χ3n) is 2.80. The van der Waals surface area contributed by atoms with Gasteiger partial charge >= 0.3 is 5.97 Å². The Morgan fingerprint density at radius 2 is 1.73 bits per heavy atom. The summed E-state index contributed by atoms with van der Waals surface area (Å²) in [5.41, 5.74) is -0.0297. The topological polar surface area (TPSA) is 49.7 Å². The molecule has 0 bridgehead atoms. The number of rotatable bonds is 2. The lowest BCUT2D eigenvalue weighted by Crippen LogP contribution is -2.30. The summed E-state index contributed by atoms with van der Waals surface area (Å²) in [7, 11) is 0. The number of aliphatic imine (C=N–C) groups is 1. The monoisotopic (exact) mass is 211 g/mol. The standard InChI is InChI=1S/C12H21NO2/c1-12(2,3)10(11(14)15)13-9-7-5-4-6-8-9/h9H,4-8H2,1-3H3,(H,14,15). The van der Waals surface area contributed by atoms with Crippen molar-refractivity contribution in [2.24, 2.45) is 10.4 Å². The van der Waals surface area contributed by atoms with E-state index in [4.69, 9.17) is 5.11 Å². The van der Waals surface area contributed by atoms with Crippen LogP contribution in [0.5, 0.6) is 0 Å². The minimum atomic E-state index is -0.868. The maximum absolute atomic E-state index is 11.1. The molecule has 0 atom stereocenters. The van der Waals surface area contributed by atoms with Crippen LogP contribution in [0.3, 0.4) is 0 Å². The smallest absolute Gasteiger partial charge is 0.350 e. The fraction of sp³-hybridized carbons (Fsp3) is 0.833. The molecule has 0 heterocycles. The van der Waals surface area contributed by atoms with Gasteiger partial charge < -0.3 is 5.11 Å². The van der Waals surface area contributed by atoms with E-state index in [1.807, 2.05) is 20.8 Å². The number of hydrogen-bond donors (Lipinski definition) is 1. The van der Waals surface area contributed by atoms with Crippen molar-refractivity contribution in [3.8, 4) is 0 Å². The molecule has 1 aliphatic rings. The molecule has 0 aliphatic heterocycles. The predicted molar refractivity (Wildman–Crippen MR) is 61.4 cm³/mol. The summed E-state index contributed by atoms with van der Waals surface area (Å²) < 4.78 is 0. The van der Waals surface area contributed by atoms with Gasteiger partial charge in [-0.25, -0.2) is 4.79 Å². The van der Waals surface area contributed by atoms with Crippen molar-refractivity contribution in [2.45, 2.75) is 58.9 Å². The summed E-state index contributed by atoms with van der Waals surface area (Å²) in [4.78, 5) is 15.5. The summed E-state index contributed by atoms with van der Waals surface area (Å²) in [5, 5.41) is 9.11. The Labute approximate surface area is 91.6 Å². The lowest BCUT2D eigenvalue weighted by molar-refractivity contribution is -0.129. The van der Waals surface area contributed by atoms with E-state index in [9.17, 15) is 4.79 Å². The SMILES string of the molecule is CC(C)(C)C(=NC1CCCCC1)C(=O)O. The van der Waals surface area contributed by atoms with Gasteiger partial charge in [0.2, 0.25) is 0 Å². The Bertz CT molecular complexity index is 257. The Morgan fingerprint density at radius 3 is 2.13 bits per heavy atom. The summed E-state index contributed by atoms with van der Waals surface area (Å²) >= 11 is 0. The van der Waals surface area contributed by atoms with Crippen LogP contribution in [0.15, 0.2) is 4.99 Å². The second-order valence-corrected chi connectivity index (χ2v) is 5.32. The summed E-state index contributed by atoms with van der Waals surface area (Å²) in [6, 6.07) is 0.240. The van der Waals surface area contributed by atoms with Gasteiger partial charge in [-0.3, -0.25) is 4.99 Å². The predicted octanol–water partition coefficient (Wildman–Crippen LogP) is 2.89. The molecule has 15 heavy (non-hydrogen) atoms. The van der Waals surface area contributed by atoms with Gasteiger partial charge in [-0.05, 0) is 12.8 Å². The molecule has 0 unspecified atom stereocenters. The maximum atomic E-state index is 11.1. The fourth-order valence-electron chi connectivity index (χ4n) is 1.96. The Kier molecular flexibility index (Phi) is 3.89. The van der Waals surface area contributed by atoms with Crippen molar-refractivity contribution in [3.63, 3.8) is 0 Å². The van der Waals surface area contributed by atoms with E-state index in [1.165, 1.54) is 19.3 Å². The first-order chi connectivity index (χ1) is 6.91. The molecule has 86 valence electrons. The molecule has 0 aromatic rings. The number of aliphatic carboxylic acids is 1. The highest BCUT2D eigenvalue weighted by molar-refractivity contribution is 6.37. The minimum Gasteiger partial charge on any atom is -0.477 e. The van der Waals surface area contributed by atoms with Crippen LogP contribution in [-0.4, -0.2) is 22.8 Å². The van der Waals surface area contributed by atoms with Crippen molar-refractivity contribution >= 4 is 11.7 Å². The van der Waals surface area contributed by atoms with E-state index >= 15 is 0 Å². The molecule has 3 heteroatoms. The van der Waals surface area contributed by atoms with Crippen molar-refractivity contribution in [3.05, 3.63) is 0 Å². The van der Waals surface area contributed by atoms with E-state index in [0.29, 0.717) is 5.71 Å². The van der Waals surface area contributed by atoms with Crippen LogP contribution in [0.4, 0.5) is 0 Å². The average Bonchev–Trinajstić information content (AvgIpc) is 2.13. The number of carboxylic acid groups (broad SMARTS) is 1. The molecule has 0 spiro atoms. The van der Waals surface area contributed by atoms with Crippen LogP contribution in [0.25, 0.3) is 0 Å².